The van der Waals surface area contributed by atoms with Crippen LogP contribution in [0.5, 0.6) is 5.88 Å². The molecule has 1 rings (SSSR count). The number of nitrogen functional groups attached to an aromatic ring is 1. The van der Waals surface area contributed by atoms with Gasteiger partial charge in [0.1, 0.15) is 0 Å². The zero-order chi connectivity index (χ0) is 9.56. The number of anilines is 1. The molecule has 0 aromatic carbocycles. The van der Waals surface area contributed by atoms with Crippen LogP contribution in [0.4, 0.5) is 5.95 Å². The highest BCUT2D eigenvalue weighted by molar-refractivity contribution is 5.28. The van der Waals surface area contributed by atoms with E-state index >= 15 is 0 Å². The molecule has 1 heterocycles. The summed E-state index contributed by atoms with van der Waals surface area (Å²) in [4.78, 5) is 7.61. The summed E-state index contributed by atoms with van der Waals surface area (Å²) in [7, 11) is 1.55. The Bertz CT molecular complexity index is 238. The number of hydrogen-bond acceptors (Lipinski definition) is 4. The lowest BCUT2D eigenvalue weighted by molar-refractivity contribution is 0.394. The van der Waals surface area contributed by atoms with E-state index in [9.17, 15) is 0 Å². The molecule has 4 heteroatoms. The van der Waals surface area contributed by atoms with Gasteiger partial charge in [-0.15, -0.1) is 0 Å². The van der Waals surface area contributed by atoms with Gasteiger partial charge in [-0.2, -0.15) is 4.98 Å². The van der Waals surface area contributed by atoms with Gasteiger partial charge in [-0.05, 0) is 6.92 Å². The molecular formula is C8H15N3O. The molecule has 1 aromatic rings. The fraction of sp³-hybridized carbons (Fsp3) is 0.500. The van der Waals surface area contributed by atoms with E-state index in [1.165, 1.54) is 0 Å². The molecule has 12 heavy (non-hydrogen) atoms. The third-order valence-electron chi connectivity index (χ3n) is 1.14. The van der Waals surface area contributed by atoms with Gasteiger partial charge in [0.2, 0.25) is 11.8 Å². The van der Waals surface area contributed by atoms with Gasteiger partial charge in [0, 0.05) is 11.8 Å². The molecule has 0 aliphatic rings. The molecule has 0 unspecified atom stereocenters. The van der Waals surface area contributed by atoms with Crippen molar-refractivity contribution in [2.45, 2.75) is 20.8 Å². The maximum atomic E-state index is 5.30. The average Bonchev–Trinajstić information content (AvgIpc) is 2.13. The number of rotatable bonds is 1. The highest BCUT2D eigenvalue weighted by atomic mass is 16.5. The second-order valence-corrected chi connectivity index (χ2v) is 1.92. The topological polar surface area (TPSA) is 61.0 Å². The molecular weight excluding hydrogens is 154 g/mol. The molecule has 0 saturated carbocycles. The molecule has 4 nitrogen and oxygen atoms in total. The van der Waals surface area contributed by atoms with Crippen LogP contribution in [-0.2, 0) is 0 Å². The van der Waals surface area contributed by atoms with Crippen molar-refractivity contribution in [2.24, 2.45) is 0 Å². The van der Waals surface area contributed by atoms with Crippen LogP contribution in [0.3, 0.4) is 0 Å². The van der Waals surface area contributed by atoms with Crippen LogP contribution in [0.15, 0.2) is 6.20 Å². The second kappa shape index (κ2) is 5.35. The Morgan fingerprint density at radius 3 is 2.42 bits per heavy atom. The third kappa shape index (κ3) is 2.74. The summed E-state index contributed by atoms with van der Waals surface area (Å²) in [6.07, 6.45) is 1.63. The van der Waals surface area contributed by atoms with Gasteiger partial charge in [-0.25, -0.2) is 4.98 Å². The summed E-state index contributed by atoms with van der Waals surface area (Å²) in [5.74, 6) is 0.773. The largest absolute Gasteiger partial charge is 0.481 e. The number of hydrogen-bond donors (Lipinski definition) is 1. The molecule has 0 aliphatic carbocycles. The maximum Gasteiger partial charge on any atom is 0.223 e. The molecule has 0 radical (unpaired) electrons. The van der Waals surface area contributed by atoms with Gasteiger partial charge in [-0.1, -0.05) is 13.8 Å². The van der Waals surface area contributed by atoms with E-state index in [0.717, 1.165) is 5.56 Å². The normalized spacial score (nSPS) is 8.33. The van der Waals surface area contributed by atoms with Crippen LogP contribution in [0.1, 0.15) is 19.4 Å². The standard InChI is InChI=1S/C6H9N3O.C2H6/c1-4-3-8-6(7)9-5(4)10-2;1-2/h3H,1-2H3,(H2,7,8,9);1-2H3. The summed E-state index contributed by atoms with van der Waals surface area (Å²) in [6, 6.07) is 0. The lowest BCUT2D eigenvalue weighted by Crippen LogP contribution is -1.98. The zero-order valence-electron chi connectivity index (χ0n) is 7.96. The van der Waals surface area contributed by atoms with Crippen molar-refractivity contribution in [3.05, 3.63) is 11.8 Å². The summed E-state index contributed by atoms with van der Waals surface area (Å²) >= 11 is 0. The van der Waals surface area contributed by atoms with Crippen LogP contribution in [0, 0.1) is 6.92 Å². The summed E-state index contributed by atoms with van der Waals surface area (Å²) < 4.78 is 4.89. The van der Waals surface area contributed by atoms with E-state index in [4.69, 9.17) is 10.5 Å². The molecule has 0 spiro atoms. The van der Waals surface area contributed by atoms with E-state index in [2.05, 4.69) is 9.97 Å². The molecule has 0 aliphatic heterocycles. The lowest BCUT2D eigenvalue weighted by atomic mass is 10.4. The number of methoxy groups -OCH3 is 1. The Balaban J connectivity index is 0.000000561. The highest BCUT2D eigenvalue weighted by Crippen LogP contribution is 2.11. The van der Waals surface area contributed by atoms with Gasteiger partial charge >= 0.3 is 0 Å². The van der Waals surface area contributed by atoms with E-state index in [1.54, 1.807) is 13.3 Å². The van der Waals surface area contributed by atoms with Crippen LogP contribution in [0.25, 0.3) is 0 Å². The monoisotopic (exact) mass is 169 g/mol. The SMILES string of the molecule is CC.COc1nc(N)ncc1C. The summed E-state index contributed by atoms with van der Waals surface area (Å²) in [5.41, 5.74) is 6.19. The number of aryl methyl sites for hydroxylation is 1. The van der Waals surface area contributed by atoms with Crippen molar-refractivity contribution >= 4 is 5.95 Å². The minimum atomic E-state index is 0.238. The Kier molecular flexibility index (Phi) is 4.76. The van der Waals surface area contributed by atoms with Gasteiger partial charge < -0.3 is 10.5 Å². The molecule has 0 amide bonds. The Morgan fingerprint density at radius 2 is 2.00 bits per heavy atom. The molecule has 0 bridgehead atoms. The van der Waals surface area contributed by atoms with Crippen molar-refractivity contribution < 1.29 is 4.74 Å². The van der Waals surface area contributed by atoms with E-state index < -0.39 is 0 Å². The fourth-order valence-electron chi connectivity index (χ4n) is 0.646. The quantitative estimate of drug-likeness (QED) is 0.690. The van der Waals surface area contributed by atoms with Crippen molar-refractivity contribution in [3.8, 4) is 5.88 Å². The van der Waals surface area contributed by atoms with Crippen LogP contribution < -0.4 is 10.5 Å². The smallest absolute Gasteiger partial charge is 0.223 e. The first kappa shape index (κ1) is 10.7. The Hall–Kier alpha value is -1.32. The minimum absolute atomic E-state index is 0.238. The summed E-state index contributed by atoms with van der Waals surface area (Å²) in [5, 5.41) is 0. The molecule has 0 saturated heterocycles. The third-order valence-corrected chi connectivity index (χ3v) is 1.14. The molecule has 0 atom stereocenters. The predicted molar refractivity (Wildman–Crippen MR) is 49.1 cm³/mol. The Morgan fingerprint density at radius 1 is 1.42 bits per heavy atom. The highest BCUT2D eigenvalue weighted by Gasteiger charge is 1.98. The van der Waals surface area contributed by atoms with Crippen LogP contribution in [0.2, 0.25) is 0 Å². The number of nitrogens with two attached hydrogens (primary N) is 1. The molecule has 2 N–H and O–H groups in total. The lowest BCUT2D eigenvalue weighted by Gasteiger charge is -2.01. The first-order valence-corrected chi connectivity index (χ1v) is 3.87. The molecule has 1 aromatic heterocycles. The Labute approximate surface area is 72.8 Å². The fourth-order valence-corrected chi connectivity index (χ4v) is 0.646. The van der Waals surface area contributed by atoms with Crippen molar-refractivity contribution in [1.29, 1.82) is 0 Å². The second-order valence-electron chi connectivity index (χ2n) is 1.92. The van der Waals surface area contributed by atoms with E-state index in [-0.39, 0.29) is 5.95 Å². The first-order valence-electron chi connectivity index (χ1n) is 3.87. The maximum absolute atomic E-state index is 5.30. The van der Waals surface area contributed by atoms with Gasteiger partial charge in [0.05, 0.1) is 7.11 Å². The van der Waals surface area contributed by atoms with Crippen LogP contribution in [-0.4, -0.2) is 17.1 Å². The van der Waals surface area contributed by atoms with E-state index in [0.29, 0.717) is 5.88 Å². The van der Waals surface area contributed by atoms with Gasteiger partial charge in [0.15, 0.2) is 0 Å². The molecule has 68 valence electrons. The number of aromatic nitrogens is 2. The zero-order valence-corrected chi connectivity index (χ0v) is 7.96. The van der Waals surface area contributed by atoms with Crippen LogP contribution >= 0.6 is 0 Å². The number of ether oxygens (including phenoxy) is 1. The average molecular weight is 169 g/mol. The number of nitrogens with zero attached hydrogens (tertiary/aromatic N) is 2. The van der Waals surface area contributed by atoms with Crippen molar-refractivity contribution in [1.82, 2.24) is 9.97 Å². The van der Waals surface area contributed by atoms with E-state index in [1.807, 2.05) is 20.8 Å². The molecule has 0 fully saturated rings. The predicted octanol–water partition coefficient (Wildman–Crippen LogP) is 1.40. The van der Waals surface area contributed by atoms with Gasteiger partial charge in [0.25, 0.3) is 0 Å². The minimum Gasteiger partial charge on any atom is -0.481 e. The van der Waals surface area contributed by atoms with Crippen molar-refractivity contribution in [2.75, 3.05) is 12.8 Å². The first-order chi connectivity index (χ1) is 5.74. The summed E-state index contributed by atoms with van der Waals surface area (Å²) in [6.45, 7) is 5.86. The van der Waals surface area contributed by atoms with Crippen molar-refractivity contribution in [3.63, 3.8) is 0 Å². The van der Waals surface area contributed by atoms with Gasteiger partial charge in [-0.3, -0.25) is 0 Å².